The number of carbonyl (C=O) groups is 1. The molecule has 1 atom stereocenters. The quantitative estimate of drug-likeness (QED) is 0.0763. The molecule has 3 saturated heterocycles. The average Bonchev–Trinajstić information content (AvgIpc) is 3.95. The smallest absolute Gasteiger partial charge is 0.293 e. The molecule has 3 aliphatic heterocycles. The molecule has 1 saturated carbocycles. The number of fused-ring (bicyclic) bond motifs is 1. The number of aromatic nitrogens is 2. The van der Waals surface area contributed by atoms with Gasteiger partial charge >= 0.3 is 0 Å². The number of hydrogen-bond donors (Lipinski definition) is 3. The maximum absolute atomic E-state index is 13.9. The average molecular weight is 862 g/mol. The minimum absolute atomic E-state index is 0.00902. The van der Waals surface area contributed by atoms with Crippen molar-refractivity contribution in [3.63, 3.8) is 0 Å². The number of ether oxygens (including phenoxy) is 2. The number of pyridine rings is 1. The first-order chi connectivity index (χ1) is 29.9. The molecule has 0 unspecified atom stereocenters. The van der Waals surface area contributed by atoms with Crippen LogP contribution < -0.4 is 19.7 Å². The second-order valence-corrected chi connectivity index (χ2v) is 19.6. The fraction of sp³-hybridized carbons (Fsp3) is 0.447. The molecule has 1 amide bonds. The minimum Gasteiger partial charge on any atom is -0.455 e. The van der Waals surface area contributed by atoms with Crippen LogP contribution in [-0.4, -0.2) is 79.6 Å². The summed E-state index contributed by atoms with van der Waals surface area (Å²) in [4.78, 5) is 37.6. The van der Waals surface area contributed by atoms with Crippen molar-refractivity contribution in [2.75, 3.05) is 49.6 Å². The summed E-state index contributed by atoms with van der Waals surface area (Å²) in [6, 6.07) is 22.5. The van der Waals surface area contributed by atoms with Crippen LogP contribution >= 0.6 is 0 Å². The van der Waals surface area contributed by atoms with Gasteiger partial charge in [0, 0.05) is 74.3 Å². The molecule has 326 valence electrons. The Balaban J connectivity index is 0.903. The van der Waals surface area contributed by atoms with Crippen molar-refractivity contribution >= 4 is 44.0 Å². The molecule has 3 aromatic carbocycles. The monoisotopic (exact) mass is 861 g/mol. The van der Waals surface area contributed by atoms with Crippen molar-refractivity contribution < 1.29 is 27.6 Å². The van der Waals surface area contributed by atoms with Crippen LogP contribution in [0.4, 0.5) is 17.1 Å². The number of piperidine rings is 1. The van der Waals surface area contributed by atoms with Gasteiger partial charge in [0.05, 0.1) is 21.6 Å². The molecule has 5 heterocycles. The van der Waals surface area contributed by atoms with Gasteiger partial charge < -0.3 is 24.7 Å². The lowest BCUT2D eigenvalue weighted by molar-refractivity contribution is -0.384. The van der Waals surface area contributed by atoms with E-state index in [1.54, 1.807) is 30.6 Å². The number of nitrogens with one attached hydrogen (secondary N) is 3. The second-order valence-electron chi connectivity index (χ2n) is 17.9. The normalized spacial score (nSPS) is 19.8. The molecule has 3 N–H and O–H groups in total. The number of carbonyl (C=O) groups excluding carboxylic acids is 1. The third kappa shape index (κ3) is 8.62. The maximum Gasteiger partial charge on any atom is 0.293 e. The van der Waals surface area contributed by atoms with Gasteiger partial charge in [-0.1, -0.05) is 38.1 Å². The number of nitro groups is 1. The van der Waals surface area contributed by atoms with E-state index in [1.807, 2.05) is 12.1 Å². The summed E-state index contributed by atoms with van der Waals surface area (Å²) < 4.78 is 41.3. The number of likely N-dealkylation sites (tertiary alicyclic amines) is 1. The van der Waals surface area contributed by atoms with Crippen LogP contribution in [0, 0.1) is 21.4 Å². The Labute approximate surface area is 362 Å². The zero-order chi connectivity index (χ0) is 43.0. The fourth-order valence-electron chi connectivity index (χ4n) is 10.2. The van der Waals surface area contributed by atoms with Crippen molar-refractivity contribution in [2.45, 2.75) is 88.1 Å². The van der Waals surface area contributed by atoms with Crippen LogP contribution in [0.25, 0.3) is 11.0 Å². The van der Waals surface area contributed by atoms with Crippen molar-refractivity contribution in [3.05, 3.63) is 112 Å². The summed E-state index contributed by atoms with van der Waals surface area (Å²) in [6.07, 6.45) is 12.0. The van der Waals surface area contributed by atoms with Gasteiger partial charge in [0.25, 0.3) is 21.6 Å². The van der Waals surface area contributed by atoms with E-state index in [1.165, 1.54) is 48.9 Å². The zero-order valence-electron chi connectivity index (χ0n) is 35.3. The summed E-state index contributed by atoms with van der Waals surface area (Å²) in [5.74, 6) is 0.387. The van der Waals surface area contributed by atoms with Gasteiger partial charge in [0.2, 0.25) is 0 Å². The lowest BCUT2D eigenvalue weighted by atomic mass is 9.59. The second kappa shape index (κ2) is 17.3. The Morgan fingerprint density at radius 1 is 1.02 bits per heavy atom. The van der Waals surface area contributed by atoms with Gasteiger partial charge in [-0.25, -0.2) is 18.1 Å². The highest BCUT2D eigenvalue weighted by molar-refractivity contribution is 7.90. The summed E-state index contributed by atoms with van der Waals surface area (Å²) in [7, 11) is -4.54. The number of hydrogen-bond acceptors (Lipinski definition) is 11. The lowest BCUT2D eigenvalue weighted by Gasteiger charge is -2.56. The molecule has 0 radical (unpaired) electrons. The Kier molecular flexibility index (Phi) is 11.7. The number of nitrogens with zero attached hydrogens (tertiary/aromatic N) is 4. The fourth-order valence-corrected chi connectivity index (χ4v) is 11.2. The van der Waals surface area contributed by atoms with Gasteiger partial charge in [-0.3, -0.25) is 19.8 Å². The number of aromatic amines is 1. The molecule has 4 aliphatic rings. The summed E-state index contributed by atoms with van der Waals surface area (Å²) in [5.41, 5.74) is 4.61. The first-order valence-corrected chi connectivity index (χ1v) is 23.5. The SMILES string of the molecule is CC(C)c1ccccc1[C@@H]1CCCN1C1CC2(CCN(c3ccc(C(=O)NS(=O)(=O)c4ccc(NCC5CCOCC5)c([N+](=O)[O-])c4)c(Oc4cnc5[nH]ccc5c4)c3)CC2)C1. The Morgan fingerprint density at radius 2 is 1.81 bits per heavy atom. The third-order valence-corrected chi connectivity index (χ3v) is 15.0. The van der Waals surface area contributed by atoms with Crippen molar-refractivity contribution in [1.29, 1.82) is 0 Å². The van der Waals surface area contributed by atoms with Crippen molar-refractivity contribution in [2.24, 2.45) is 11.3 Å². The number of anilines is 2. The van der Waals surface area contributed by atoms with E-state index < -0.39 is 31.4 Å². The summed E-state index contributed by atoms with van der Waals surface area (Å²) in [5, 5.41) is 16.0. The molecule has 9 rings (SSSR count). The van der Waals surface area contributed by atoms with Gasteiger partial charge in [-0.2, -0.15) is 0 Å². The number of amides is 1. The van der Waals surface area contributed by atoms with Crippen LogP contribution in [0.5, 0.6) is 11.5 Å². The molecular weight excluding hydrogens is 807 g/mol. The standard InChI is InChI=1S/C47H55N7O7S/c1-31(2)38-6-3-4-7-39(38)42-8-5-19-53(42)35-27-47(28-35)16-20-52(21-17-47)34-9-11-40(44(25-34)61-36-24-33-13-18-48-45(33)50-30-36)46(55)51-62(58,59)37-10-12-41(43(26-37)54(56)57)49-29-32-14-22-60-23-15-32/h3-4,6-7,9-13,18,24-26,30-32,35,42,49H,5,8,14-17,19-23,27-29H2,1-2H3,(H,48,50)(H,51,55)/t42-/m0/s1. The molecule has 0 bridgehead atoms. The minimum atomic E-state index is -4.54. The molecule has 62 heavy (non-hydrogen) atoms. The molecule has 15 heteroatoms. The topological polar surface area (TPSA) is 172 Å². The Hall–Kier alpha value is -5.51. The first kappa shape index (κ1) is 41.8. The molecule has 14 nitrogen and oxygen atoms in total. The van der Waals surface area contributed by atoms with Gasteiger partial charge in [0.15, 0.2) is 0 Å². The molecule has 1 aliphatic carbocycles. The number of nitro benzene ring substituents is 1. The van der Waals surface area contributed by atoms with E-state index in [4.69, 9.17) is 9.47 Å². The highest BCUT2D eigenvalue weighted by Gasteiger charge is 2.50. The van der Waals surface area contributed by atoms with Crippen molar-refractivity contribution in [1.82, 2.24) is 19.6 Å². The molecule has 5 aromatic rings. The summed E-state index contributed by atoms with van der Waals surface area (Å²) in [6.45, 7) is 9.19. The first-order valence-electron chi connectivity index (χ1n) is 22.0. The Morgan fingerprint density at radius 3 is 2.58 bits per heavy atom. The van der Waals surface area contributed by atoms with Gasteiger partial charge in [-0.15, -0.1) is 0 Å². The van der Waals surface area contributed by atoms with E-state index in [-0.39, 0.29) is 22.9 Å². The lowest BCUT2D eigenvalue weighted by Crippen LogP contribution is -2.54. The van der Waals surface area contributed by atoms with E-state index >= 15 is 0 Å². The van der Waals surface area contributed by atoms with Crippen LogP contribution in [0.3, 0.4) is 0 Å². The van der Waals surface area contributed by atoms with E-state index in [0.717, 1.165) is 62.5 Å². The highest BCUT2D eigenvalue weighted by atomic mass is 32.2. The largest absolute Gasteiger partial charge is 0.455 e. The van der Waals surface area contributed by atoms with E-state index in [2.05, 4.69) is 67.9 Å². The predicted molar refractivity (Wildman–Crippen MR) is 239 cm³/mol. The number of H-pyrrole nitrogens is 1. The highest BCUT2D eigenvalue weighted by Crippen LogP contribution is 2.54. The van der Waals surface area contributed by atoms with Crippen LogP contribution in [-0.2, 0) is 14.8 Å². The number of benzene rings is 3. The van der Waals surface area contributed by atoms with E-state index in [9.17, 15) is 23.3 Å². The van der Waals surface area contributed by atoms with Gasteiger partial charge in [0.1, 0.15) is 22.8 Å². The van der Waals surface area contributed by atoms with Crippen LogP contribution in [0.15, 0.2) is 90.1 Å². The predicted octanol–water partition coefficient (Wildman–Crippen LogP) is 8.93. The summed E-state index contributed by atoms with van der Waals surface area (Å²) >= 11 is 0. The number of rotatable bonds is 13. The Bertz CT molecular complexity index is 2560. The van der Waals surface area contributed by atoms with Crippen molar-refractivity contribution in [3.8, 4) is 11.5 Å². The van der Waals surface area contributed by atoms with Gasteiger partial charge in [-0.05, 0) is 123 Å². The molecule has 4 fully saturated rings. The van der Waals surface area contributed by atoms with E-state index in [0.29, 0.717) is 54.6 Å². The maximum atomic E-state index is 13.9. The molecule has 2 aromatic heterocycles. The van der Waals surface area contributed by atoms with Crippen LogP contribution in [0.2, 0.25) is 0 Å². The van der Waals surface area contributed by atoms with Crippen LogP contribution in [0.1, 0.15) is 98.7 Å². The molecular formula is C47H55N7O7S. The number of sulfonamides is 1. The molecule has 1 spiro atoms. The third-order valence-electron chi connectivity index (χ3n) is 13.7. The zero-order valence-corrected chi connectivity index (χ0v) is 36.2.